The zero-order valence-corrected chi connectivity index (χ0v) is 13.9. The van der Waals surface area contributed by atoms with Gasteiger partial charge in [0, 0.05) is 12.1 Å². The van der Waals surface area contributed by atoms with E-state index in [0.29, 0.717) is 5.54 Å². The molecule has 0 bridgehead atoms. The largest absolute Gasteiger partial charge is 0.329 e. The van der Waals surface area contributed by atoms with Crippen LogP contribution in [0.2, 0.25) is 0 Å². The summed E-state index contributed by atoms with van der Waals surface area (Å²) in [5.74, 6) is 1.76. The molecule has 0 spiro atoms. The maximum atomic E-state index is 6.24. The molecule has 0 aromatic carbocycles. The normalized spacial score (nSPS) is 29.6. The molecule has 0 saturated carbocycles. The van der Waals surface area contributed by atoms with Gasteiger partial charge in [-0.2, -0.15) is 0 Å². The van der Waals surface area contributed by atoms with Gasteiger partial charge in [0.2, 0.25) is 0 Å². The number of nitrogens with two attached hydrogens (primary N) is 1. The average Bonchev–Trinajstić information content (AvgIpc) is 2.73. The van der Waals surface area contributed by atoms with E-state index in [-0.39, 0.29) is 0 Å². The minimum atomic E-state index is 0.303. The van der Waals surface area contributed by atoms with Gasteiger partial charge in [0.15, 0.2) is 0 Å². The third-order valence-corrected chi connectivity index (χ3v) is 6.00. The number of piperidine rings is 1. The SMILES string of the molecule is CCN1CCC(CN)(N2CCCC(C(C)C)CC2)CC1. The van der Waals surface area contributed by atoms with Crippen LogP contribution in [0.4, 0.5) is 0 Å². The lowest BCUT2D eigenvalue weighted by Crippen LogP contribution is -2.59. The van der Waals surface area contributed by atoms with Crippen LogP contribution in [0.25, 0.3) is 0 Å². The number of hydrogen-bond acceptors (Lipinski definition) is 3. The Morgan fingerprint density at radius 1 is 1.10 bits per heavy atom. The van der Waals surface area contributed by atoms with Crippen molar-refractivity contribution in [3.63, 3.8) is 0 Å². The number of hydrogen-bond donors (Lipinski definition) is 1. The number of nitrogens with zero attached hydrogens (tertiary/aromatic N) is 2. The van der Waals surface area contributed by atoms with Crippen LogP contribution in [0.1, 0.15) is 52.9 Å². The molecule has 0 aromatic heterocycles. The van der Waals surface area contributed by atoms with Crippen molar-refractivity contribution in [3.05, 3.63) is 0 Å². The highest BCUT2D eigenvalue weighted by molar-refractivity contribution is 4.97. The first kappa shape index (κ1) is 16.3. The van der Waals surface area contributed by atoms with Crippen molar-refractivity contribution in [3.8, 4) is 0 Å². The van der Waals surface area contributed by atoms with Gasteiger partial charge in [0.05, 0.1) is 0 Å². The van der Waals surface area contributed by atoms with Crippen molar-refractivity contribution in [2.75, 3.05) is 39.3 Å². The zero-order valence-electron chi connectivity index (χ0n) is 13.9. The maximum absolute atomic E-state index is 6.24. The summed E-state index contributed by atoms with van der Waals surface area (Å²) in [5.41, 5.74) is 6.54. The Kier molecular flexibility index (Phi) is 5.88. The zero-order chi connectivity index (χ0) is 14.6. The van der Waals surface area contributed by atoms with Gasteiger partial charge in [-0.05, 0) is 76.7 Å². The molecule has 0 aliphatic carbocycles. The Morgan fingerprint density at radius 2 is 1.80 bits per heavy atom. The van der Waals surface area contributed by atoms with Gasteiger partial charge in [-0.3, -0.25) is 4.90 Å². The Morgan fingerprint density at radius 3 is 2.35 bits per heavy atom. The molecule has 2 saturated heterocycles. The van der Waals surface area contributed by atoms with Gasteiger partial charge in [0.25, 0.3) is 0 Å². The number of rotatable bonds is 4. The fourth-order valence-corrected chi connectivity index (χ4v) is 4.20. The van der Waals surface area contributed by atoms with Gasteiger partial charge in [-0.25, -0.2) is 0 Å². The summed E-state index contributed by atoms with van der Waals surface area (Å²) in [6, 6.07) is 0. The molecule has 2 fully saturated rings. The van der Waals surface area contributed by atoms with E-state index < -0.39 is 0 Å². The van der Waals surface area contributed by atoms with Crippen LogP contribution in [-0.4, -0.2) is 54.6 Å². The third-order valence-electron chi connectivity index (χ3n) is 6.00. The van der Waals surface area contributed by atoms with Gasteiger partial charge in [-0.1, -0.05) is 20.8 Å². The van der Waals surface area contributed by atoms with Crippen LogP contribution in [-0.2, 0) is 0 Å². The second-order valence-corrected chi connectivity index (χ2v) is 7.28. The van der Waals surface area contributed by atoms with Crippen molar-refractivity contribution < 1.29 is 0 Å². The van der Waals surface area contributed by atoms with Crippen LogP contribution >= 0.6 is 0 Å². The molecule has 2 aliphatic rings. The van der Waals surface area contributed by atoms with Gasteiger partial charge < -0.3 is 10.6 Å². The fourth-order valence-electron chi connectivity index (χ4n) is 4.20. The molecule has 1 atom stereocenters. The molecular formula is C17H35N3. The predicted molar refractivity (Wildman–Crippen MR) is 86.9 cm³/mol. The Hall–Kier alpha value is -0.120. The second-order valence-electron chi connectivity index (χ2n) is 7.28. The first-order valence-corrected chi connectivity index (χ1v) is 8.79. The van der Waals surface area contributed by atoms with Gasteiger partial charge >= 0.3 is 0 Å². The average molecular weight is 281 g/mol. The van der Waals surface area contributed by atoms with E-state index in [1.165, 1.54) is 64.8 Å². The van der Waals surface area contributed by atoms with Crippen LogP contribution < -0.4 is 5.73 Å². The quantitative estimate of drug-likeness (QED) is 0.859. The molecule has 0 aromatic rings. The lowest BCUT2D eigenvalue weighted by Gasteiger charge is -2.48. The van der Waals surface area contributed by atoms with Crippen LogP contribution in [0.5, 0.6) is 0 Å². The van der Waals surface area contributed by atoms with E-state index in [2.05, 4.69) is 30.6 Å². The summed E-state index contributed by atoms with van der Waals surface area (Å²) in [4.78, 5) is 5.34. The summed E-state index contributed by atoms with van der Waals surface area (Å²) in [6.07, 6.45) is 6.68. The minimum absolute atomic E-state index is 0.303. The molecule has 20 heavy (non-hydrogen) atoms. The molecule has 2 rings (SSSR count). The summed E-state index contributed by atoms with van der Waals surface area (Å²) in [6.45, 7) is 14.1. The fraction of sp³-hybridized carbons (Fsp3) is 1.00. The maximum Gasteiger partial charge on any atom is 0.0356 e. The highest BCUT2D eigenvalue weighted by Gasteiger charge is 2.39. The standard InChI is InChI=1S/C17H35N3/c1-4-19-12-8-17(14-18,9-13-19)20-10-5-6-16(7-11-20)15(2)3/h15-16H,4-14,18H2,1-3H3. The van der Waals surface area contributed by atoms with Gasteiger partial charge in [-0.15, -0.1) is 0 Å². The van der Waals surface area contributed by atoms with Crippen molar-refractivity contribution in [2.24, 2.45) is 17.6 Å². The van der Waals surface area contributed by atoms with Crippen molar-refractivity contribution in [1.29, 1.82) is 0 Å². The molecule has 2 N–H and O–H groups in total. The minimum Gasteiger partial charge on any atom is -0.329 e. The monoisotopic (exact) mass is 281 g/mol. The molecule has 2 heterocycles. The van der Waals surface area contributed by atoms with E-state index >= 15 is 0 Å². The molecule has 3 nitrogen and oxygen atoms in total. The van der Waals surface area contributed by atoms with Crippen LogP contribution in [0.3, 0.4) is 0 Å². The Bertz CT molecular complexity index is 282. The van der Waals surface area contributed by atoms with E-state index in [1.54, 1.807) is 0 Å². The summed E-state index contributed by atoms with van der Waals surface area (Å²) in [7, 11) is 0. The lowest BCUT2D eigenvalue weighted by atomic mass is 9.85. The van der Waals surface area contributed by atoms with E-state index in [1.807, 2.05) is 0 Å². The van der Waals surface area contributed by atoms with Crippen molar-refractivity contribution in [1.82, 2.24) is 9.80 Å². The molecular weight excluding hydrogens is 246 g/mol. The lowest BCUT2D eigenvalue weighted by molar-refractivity contribution is 0.0294. The molecule has 118 valence electrons. The summed E-state index contributed by atoms with van der Waals surface area (Å²) in [5, 5.41) is 0. The summed E-state index contributed by atoms with van der Waals surface area (Å²) < 4.78 is 0. The molecule has 0 radical (unpaired) electrons. The summed E-state index contributed by atoms with van der Waals surface area (Å²) >= 11 is 0. The molecule has 0 amide bonds. The van der Waals surface area contributed by atoms with Crippen molar-refractivity contribution >= 4 is 0 Å². The molecule has 1 unspecified atom stereocenters. The topological polar surface area (TPSA) is 32.5 Å². The van der Waals surface area contributed by atoms with E-state index in [0.717, 1.165) is 18.4 Å². The Labute approximate surface area is 125 Å². The molecule has 3 heteroatoms. The third kappa shape index (κ3) is 3.55. The number of likely N-dealkylation sites (tertiary alicyclic amines) is 2. The Balaban J connectivity index is 1.97. The van der Waals surface area contributed by atoms with Gasteiger partial charge in [0.1, 0.15) is 0 Å². The van der Waals surface area contributed by atoms with Crippen LogP contribution in [0.15, 0.2) is 0 Å². The molecule has 2 aliphatic heterocycles. The first-order chi connectivity index (χ1) is 9.61. The van der Waals surface area contributed by atoms with Crippen molar-refractivity contribution in [2.45, 2.75) is 58.4 Å². The van der Waals surface area contributed by atoms with E-state index in [4.69, 9.17) is 5.73 Å². The van der Waals surface area contributed by atoms with E-state index in [9.17, 15) is 0 Å². The van der Waals surface area contributed by atoms with Crippen LogP contribution in [0, 0.1) is 11.8 Å². The predicted octanol–water partition coefficient (Wildman–Crippen LogP) is 2.56. The highest BCUT2D eigenvalue weighted by atomic mass is 15.2. The second kappa shape index (κ2) is 7.24. The first-order valence-electron chi connectivity index (χ1n) is 8.79. The smallest absolute Gasteiger partial charge is 0.0356 e. The highest BCUT2D eigenvalue weighted by Crippen LogP contribution is 2.33.